The third kappa shape index (κ3) is 4.04. The van der Waals surface area contributed by atoms with Gasteiger partial charge in [-0.3, -0.25) is 9.59 Å². The van der Waals surface area contributed by atoms with Crippen LogP contribution in [0, 0.1) is 23.5 Å². The third-order valence-corrected chi connectivity index (χ3v) is 4.16. The number of benzene rings is 1. The average molecular weight is 325 g/mol. The second-order valence-electron chi connectivity index (χ2n) is 5.70. The molecule has 7 heteroatoms. The molecular formula is C16H21F2N3O2. The van der Waals surface area contributed by atoms with Gasteiger partial charge in [-0.05, 0) is 38.1 Å². The molecule has 1 aliphatic rings. The Labute approximate surface area is 134 Å². The monoisotopic (exact) mass is 325 g/mol. The van der Waals surface area contributed by atoms with Gasteiger partial charge in [-0.15, -0.1) is 0 Å². The van der Waals surface area contributed by atoms with Gasteiger partial charge in [-0.1, -0.05) is 13.0 Å². The van der Waals surface area contributed by atoms with E-state index in [9.17, 15) is 18.4 Å². The van der Waals surface area contributed by atoms with E-state index in [-0.39, 0.29) is 24.3 Å². The van der Waals surface area contributed by atoms with Crippen molar-refractivity contribution in [2.75, 3.05) is 31.5 Å². The minimum absolute atomic E-state index is 0.122. The molecule has 0 spiro atoms. The zero-order chi connectivity index (χ0) is 17.0. The normalized spacial score (nSPS) is 15.7. The fourth-order valence-corrected chi connectivity index (χ4v) is 2.47. The second kappa shape index (κ2) is 7.50. The molecule has 1 aliphatic heterocycles. The summed E-state index contributed by atoms with van der Waals surface area (Å²) >= 11 is 0. The van der Waals surface area contributed by atoms with Crippen LogP contribution in [0.3, 0.4) is 0 Å². The van der Waals surface area contributed by atoms with Crippen molar-refractivity contribution in [1.82, 2.24) is 10.2 Å². The van der Waals surface area contributed by atoms with Crippen LogP contribution < -0.4 is 10.6 Å². The highest BCUT2D eigenvalue weighted by Gasteiger charge is 2.31. The van der Waals surface area contributed by atoms with Crippen molar-refractivity contribution < 1.29 is 18.4 Å². The van der Waals surface area contributed by atoms with Gasteiger partial charge in [0.25, 0.3) is 0 Å². The molecule has 1 unspecified atom stereocenters. The molecule has 1 aromatic rings. The van der Waals surface area contributed by atoms with Crippen molar-refractivity contribution in [3.63, 3.8) is 0 Å². The number of carbonyl (C=O) groups excluding carboxylic acids is 2. The van der Waals surface area contributed by atoms with E-state index >= 15 is 0 Å². The third-order valence-electron chi connectivity index (χ3n) is 4.16. The molecule has 126 valence electrons. The standard InChI is InChI=1S/C16H21F2N3O2/c1-3-21(16(23)10(2)11-7-19-8-11)9-14(22)20-15-12(17)5-4-6-13(15)18/h4-6,10-11,19H,3,7-9H2,1-2H3,(H,20,22). The molecule has 0 radical (unpaired) electrons. The summed E-state index contributed by atoms with van der Waals surface area (Å²) in [6.07, 6.45) is 0. The minimum atomic E-state index is -0.846. The summed E-state index contributed by atoms with van der Waals surface area (Å²) in [6.45, 7) is 5.31. The molecule has 5 nitrogen and oxygen atoms in total. The first-order valence-electron chi connectivity index (χ1n) is 7.67. The first-order chi connectivity index (χ1) is 10.9. The van der Waals surface area contributed by atoms with E-state index in [4.69, 9.17) is 0 Å². The Morgan fingerprint density at radius 1 is 1.35 bits per heavy atom. The maximum Gasteiger partial charge on any atom is 0.244 e. The highest BCUT2D eigenvalue weighted by Crippen LogP contribution is 2.20. The van der Waals surface area contributed by atoms with E-state index in [1.807, 2.05) is 6.92 Å². The Bertz CT molecular complexity index is 570. The van der Waals surface area contributed by atoms with Crippen molar-refractivity contribution >= 4 is 17.5 Å². The Balaban J connectivity index is 1.98. The van der Waals surface area contributed by atoms with E-state index < -0.39 is 23.2 Å². The molecule has 2 amide bonds. The quantitative estimate of drug-likeness (QED) is 0.835. The smallest absolute Gasteiger partial charge is 0.244 e. The van der Waals surface area contributed by atoms with Crippen molar-refractivity contribution in [3.8, 4) is 0 Å². The molecule has 2 N–H and O–H groups in total. The van der Waals surface area contributed by atoms with Crippen LogP contribution in [0.4, 0.5) is 14.5 Å². The summed E-state index contributed by atoms with van der Waals surface area (Å²) in [5.41, 5.74) is -0.489. The summed E-state index contributed by atoms with van der Waals surface area (Å²) < 4.78 is 27.1. The predicted molar refractivity (Wildman–Crippen MR) is 82.8 cm³/mol. The summed E-state index contributed by atoms with van der Waals surface area (Å²) in [6, 6.07) is 3.34. The fourth-order valence-electron chi connectivity index (χ4n) is 2.47. The van der Waals surface area contributed by atoms with Gasteiger partial charge in [-0.2, -0.15) is 0 Å². The van der Waals surface area contributed by atoms with E-state index in [1.54, 1.807) is 6.92 Å². The molecule has 1 saturated heterocycles. The molecular weight excluding hydrogens is 304 g/mol. The molecule has 0 aromatic heterocycles. The van der Waals surface area contributed by atoms with Crippen LogP contribution in [0.1, 0.15) is 13.8 Å². The molecule has 1 fully saturated rings. The molecule has 0 saturated carbocycles. The number of carbonyl (C=O) groups is 2. The summed E-state index contributed by atoms with van der Waals surface area (Å²) in [5.74, 6) is -2.35. The maximum atomic E-state index is 13.5. The topological polar surface area (TPSA) is 61.4 Å². The van der Waals surface area contributed by atoms with Crippen molar-refractivity contribution in [1.29, 1.82) is 0 Å². The second-order valence-corrected chi connectivity index (χ2v) is 5.70. The van der Waals surface area contributed by atoms with E-state index in [0.717, 1.165) is 25.2 Å². The van der Waals surface area contributed by atoms with E-state index in [1.165, 1.54) is 11.0 Å². The van der Waals surface area contributed by atoms with Crippen LogP contribution in [0.5, 0.6) is 0 Å². The number of anilines is 1. The average Bonchev–Trinajstić information content (AvgIpc) is 2.46. The summed E-state index contributed by atoms with van der Waals surface area (Å²) in [5, 5.41) is 5.31. The van der Waals surface area contributed by atoms with Crippen LogP contribution in [0.25, 0.3) is 0 Å². The zero-order valence-corrected chi connectivity index (χ0v) is 13.2. The lowest BCUT2D eigenvalue weighted by Gasteiger charge is -2.34. The van der Waals surface area contributed by atoms with Gasteiger partial charge >= 0.3 is 0 Å². The number of rotatable bonds is 6. The number of hydrogen-bond acceptors (Lipinski definition) is 3. The minimum Gasteiger partial charge on any atom is -0.333 e. The molecule has 1 aromatic carbocycles. The largest absolute Gasteiger partial charge is 0.333 e. The van der Waals surface area contributed by atoms with Gasteiger partial charge in [0.2, 0.25) is 11.8 Å². The summed E-state index contributed by atoms with van der Waals surface area (Å²) in [7, 11) is 0. The van der Waals surface area contributed by atoms with Crippen LogP contribution in [0.15, 0.2) is 18.2 Å². The van der Waals surface area contributed by atoms with E-state index in [2.05, 4.69) is 10.6 Å². The highest BCUT2D eigenvalue weighted by molar-refractivity contribution is 5.95. The number of halogens is 2. The van der Waals surface area contributed by atoms with Gasteiger partial charge in [0.1, 0.15) is 17.3 Å². The number of nitrogens with zero attached hydrogens (tertiary/aromatic N) is 1. The Hall–Kier alpha value is -2.02. The fraction of sp³-hybridized carbons (Fsp3) is 0.500. The van der Waals surface area contributed by atoms with Crippen molar-refractivity contribution in [2.24, 2.45) is 11.8 Å². The first-order valence-corrected chi connectivity index (χ1v) is 7.67. The zero-order valence-electron chi connectivity index (χ0n) is 13.2. The first kappa shape index (κ1) is 17.3. The van der Waals surface area contributed by atoms with Crippen LogP contribution in [0.2, 0.25) is 0 Å². The van der Waals surface area contributed by atoms with Crippen LogP contribution >= 0.6 is 0 Å². The maximum absolute atomic E-state index is 13.5. The number of hydrogen-bond donors (Lipinski definition) is 2. The SMILES string of the molecule is CCN(CC(=O)Nc1c(F)cccc1F)C(=O)C(C)C1CNC1. The molecule has 1 heterocycles. The Morgan fingerprint density at radius 2 is 1.96 bits per heavy atom. The molecule has 1 atom stereocenters. The van der Waals surface area contributed by atoms with Crippen molar-refractivity contribution in [2.45, 2.75) is 13.8 Å². The molecule has 0 aliphatic carbocycles. The van der Waals surface area contributed by atoms with Gasteiger partial charge in [0, 0.05) is 12.5 Å². The number of amides is 2. The van der Waals surface area contributed by atoms with E-state index in [0.29, 0.717) is 6.54 Å². The number of nitrogens with one attached hydrogen (secondary N) is 2. The highest BCUT2D eigenvalue weighted by atomic mass is 19.1. The van der Waals surface area contributed by atoms with Gasteiger partial charge in [-0.25, -0.2) is 8.78 Å². The number of likely N-dealkylation sites (N-methyl/N-ethyl adjacent to an activating group) is 1. The van der Waals surface area contributed by atoms with Gasteiger partial charge in [0.05, 0.1) is 6.54 Å². The number of para-hydroxylation sites is 1. The lowest BCUT2D eigenvalue weighted by atomic mass is 9.88. The van der Waals surface area contributed by atoms with Gasteiger partial charge < -0.3 is 15.5 Å². The summed E-state index contributed by atoms with van der Waals surface area (Å²) in [4.78, 5) is 25.8. The van der Waals surface area contributed by atoms with Gasteiger partial charge in [0.15, 0.2) is 0 Å². The van der Waals surface area contributed by atoms with Crippen molar-refractivity contribution in [3.05, 3.63) is 29.8 Å². The predicted octanol–water partition coefficient (Wildman–Crippen LogP) is 1.61. The lowest BCUT2D eigenvalue weighted by molar-refractivity contribution is -0.139. The molecule has 0 bridgehead atoms. The Morgan fingerprint density at radius 3 is 2.43 bits per heavy atom. The molecule has 2 rings (SSSR count). The molecule has 23 heavy (non-hydrogen) atoms. The lowest BCUT2D eigenvalue weighted by Crippen LogP contribution is -2.51. The van der Waals surface area contributed by atoms with Crippen LogP contribution in [-0.2, 0) is 9.59 Å². The Kier molecular flexibility index (Phi) is 5.65. The van der Waals surface area contributed by atoms with Crippen LogP contribution in [-0.4, -0.2) is 42.9 Å².